The normalized spacial score (nSPS) is 11.6. The fourth-order valence-electron chi connectivity index (χ4n) is 3.46. The van der Waals surface area contributed by atoms with Gasteiger partial charge in [0.1, 0.15) is 17.9 Å². The van der Waals surface area contributed by atoms with Crippen LogP contribution in [0.15, 0.2) is 30.3 Å². The number of hydrogen-bond acceptors (Lipinski definition) is 5. The van der Waals surface area contributed by atoms with E-state index in [9.17, 15) is 19.5 Å². The Morgan fingerprint density at radius 3 is 2.10 bits per heavy atom. The van der Waals surface area contributed by atoms with E-state index in [2.05, 4.69) is 6.07 Å². The van der Waals surface area contributed by atoms with Gasteiger partial charge in [-0.25, -0.2) is 4.79 Å². The molecule has 2 rings (SSSR count). The lowest BCUT2D eigenvalue weighted by Crippen LogP contribution is -2.17. The molecule has 0 saturated carbocycles. The van der Waals surface area contributed by atoms with Gasteiger partial charge in [-0.3, -0.25) is 9.59 Å². The van der Waals surface area contributed by atoms with Crippen molar-refractivity contribution in [3.8, 4) is 5.75 Å². The zero-order chi connectivity index (χ0) is 22.4. The average Bonchev–Trinajstić information content (AvgIpc) is 2.67. The van der Waals surface area contributed by atoms with Crippen LogP contribution in [0.4, 0.5) is 0 Å². The third-order valence-electron chi connectivity index (χ3n) is 4.86. The summed E-state index contributed by atoms with van der Waals surface area (Å²) < 4.78 is 10.7. The van der Waals surface area contributed by atoms with Crippen LogP contribution in [0, 0.1) is 6.92 Å². The van der Waals surface area contributed by atoms with Gasteiger partial charge < -0.3 is 14.6 Å². The average molecular weight is 412 g/mol. The number of aryl methyl sites for hydroxylation is 3. The lowest BCUT2D eigenvalue weighted by Gasteiger charge is -2.23. The van der Waals surface area contributed by atoms with Crippen molar-refractivity contribution >= 4 is 17.9 Å². The zero-order valence-electron chi connectivity index (χ0n) is 18.1. The van der Waals surface area contributed by atoms with Gasteiger partial charge in [-0.2, -0.15) is 0 Å². The maximum Gasteiger partial charge on any atom is 0.339 e. The molecule has 2 aromatic rings. The summed E-state index contributed by atoms with van der Waals surface area (Å²) in [5.74, 6) is -2.75. The number of carbonyl (C=O) groups excluding carboxylic acids is 2. The number of carbonyl (C=O) groups is 3. The molecular formula is C24H28O6. The number of hydrogen-bond donors (Lipinski definition) is 1. The quantitative estimate of drug-likeness (QED) is 0.509. The summed E-state index contributed by atoms with van der Waals surface area (Å²) in [7, 11) is 0. The van der Waals surface area contributed by atoms with Gasteiger partial charge in [0.15, 0.2) is 0 Å². The third kappa shape index (κ3) is 5.69. The highest BCUT2D eigenvalue weighted by Gasteiger charge is 2.27. The van der Waals surface area contributed by atoms with Gasteiger partial charge in [-0.05, 0) is 42.5 Å². The molecule has 30 heavy (non-hydrogen) atoms. The van der Waals surface area contributed by atoms with E-state index in [0.29, 0.717) is 12.0 Å². The molecule has 6 heteroatoms. The molecule has 1 unspecified atom stereocenters. The van der Waals surface area contributed by atoms with E-state index < -0.39 is 23.8 Å². The molecular weight excluding hydrogens is 384 g/mol. The minimum Gasteiger partial charge on any atom is -0.478 e. The van der Waals surface area contributed by atoms with Crippen LogP contribution in [-0.2, 0) is 27.2 Å². The summed E-state index contributed by atoms with van der Waals surface area (Å²) in [5.41, 5.74) is 4.22. The Bertz CT molecular complexity index is 960. The summed E-state index contributed by atoms with van der Waals surface area (Å²) in [5, 5.41) is 9.74. The molecule has 2 aromatic carbocycles. The molecule has 1 N–H and O–H groups in total. The van der Waals surface area contributed by atoms with Crippen molar-refractivity contribution in [2.24, 2.45) is 0 Å². The first-order valence-corrected chi connectivity index (χ1v) is 9.98. The number of carboxylic acids is 1. The van der Waals surface area contributed by atoms with Crippen LogP contribution in [0.1, 0.15) is 71.8 Å². The Morgan fingerprint density at radius 1 is 0.933 bits per heavy atom. The molecule has 0 heterocycles. The number of ether oxygens (including phenoxy) is 2. The minimum absolute atomic E-state index is 0.00241. The van der Waals surface area contributed by atoms with E-state index in [1.807, 2.05) is 39.0 Å². The highest BCUT2D eigenvalue weighted by molar-refractivity contribution is 5.93. The molecule has 160 valence electrons. The van der Waals surface area contributed by atoms with Gasteiger partial charge in [-0.1, -0.05) is 43.7 Å². The van der Waals surface area contributed by atoms with Crippen molar-refractivity contribution in [3.63, 3.8) is 0 Å². The molecule has 6 nitrogen and oxygen atoms in total. The Labute approximate surface area is 176 Å². The smallest absolute Gasteiger partial charge is 0.339 e. The molecule has 0 spiro atoms. The predicted molar refractivity (Wildman–Crippen MR) is 113 cm³/mol. The molecule has 0 fully saturated rings. The number of benzene rings is 2. The van der Waals surface area contributed by atoms with Crippen molar-refractivity contribution in [2.45, 2.75) is 53.4 Å². The highest BCUT2D eigenvalue weighted by atomic mass is 16.5. The van der Waals surface area contributed by atoms with Gasteiger partial charge in [0.25, 0.3) is 0 Å². The van der Waals surface area contributed by atoms with E-state index in [1.54, 1.807) is 0 Å². The van der Waals surface area contributed by atoms with Gasteiger partial charge in [0, 0.05) is 25.3 Å². The van der Waals surface area contributed by atoms with Gasteiger partial charge in [-0.15, -0.1) is 0 Å². The number of rotatable bonds is 8. The van der Waals surface area contributed by atoms with Crippen LogP contribution >= 0.6 is 0 Å². The minimum atomic E-state index is -1.19. The van der Waals surface area contributed by atoms with E-state index in [1.165, 1.54) is 19.9 Å². The molecule has 0 bridgehead atoms. The summed E-state index contributed by atoms with van der Waals surface area (Å²) >= 11 is 0. The Balaban J connectivity index is 2.79. The summed E-state index contributed by atoms with van der Waals surface area (Å²) in [4.78, 5) is 35.3. The fourth-order valence-corrected chi connectivity index (χ4v) is 3.46. The first-order valence-electron chi connectivity index (χ1n) is 9.98. The molecule has 0 saturated heterocycles. The topological polar surface area (TPSA) is 89.9 Å². The first kappa shape index (κ1) is 23.1. The molecule has 0 aliphatic rings. The monoisotopic (exact) mass is 412 g/mol. The van der Waals surface area contributed by atoms with Crippen LogP contribution in [0.25, 0.3) is 0 Å². The van der Waals surface area contributed by atoms with Crippen molar-refractivity contribution in [1.82, 2.24) is 0 Å². The first-order chi connectivity index (χ1) is 14.2. The van der Waals surface area contributed by atoms with Crippen molar-refractivity contribution < 1.29 is 29.0 Å². The summed E-state index contributed by atoms with van der Waals surface area (Å²) in [6.45, 7) is 8.49. The van der Waals surface area contributed by atoms with E-state index in [-0.39, 0.29) is 17.9 Å². The van der Waals surface area contributed by atoms with Crippen LogP contribution in [0.5, 0.6) is 5.75 Å². The van der Waals surface area contributed by atoms with Gasteiger partial charge >= 0.3 is 17.9 Å². The molecule has 0 aromatic heterocycles. The van der Waals surface area contributed by atoms with Crippen molar-refractivity contribution in [2.75, 3.05) is 6.61 Å². The Hall–Kier alpha value is -3.15. The van der Waals surface area contributed by atoms with Gasteiger partial charge in [0.05, 0.1) is 0 Å². The lowest BCUT2D eigenvalue weighted by atomic mass is 9.86. The number of aromatic carboxylic acids is 1. The molecule has 0 radical (unpaired) electrons. The van der Waals surface area contributed by atoms with Gasteiger partial charge in [0.2, 0.25) is 0 Å². The van der Waals surface area contributed by atoms with E-state index in [0.717, 1.165) is 28.7 Å². The van der Waals surface area contributed by atoms with E-state index >= 15 is 0 Å². The number of esters is 2. The molecule has 1 atom stereocenters. The van der Waals surface area contributed by atoms with Crippen molar-refractivity contribution in [1.29, 1.82) is 0 Å². The SMILES string of the molecule is CCc1cc(C)cc(C(COC(C)=O)c2cc(CC)cc(C(=O)O)c2OC(C)=O)c1. The molecule has 0 aliphatic heterocycles. The molecule has 0 amide bonds. The predicted octanol–water partition coefficient (Wildman–Crippen LogP) is 4.44. The van der Waals surface area contributed by atoms with Crippen LogP contribution in [-0.4, -0.2) is 29.6 Å². The Morgan fingerprint density at radius 2 is 1.57 bits per heavy atom. The Kier molecular flexibility index (Phi) is 7.75. The second-order valence-corrected chi connectivity index (χ2v) is 7.27. The summed E-state index contributed by atoms with van der Waals surface area (Å²) in [6.07, 6.45) is 1.42. The largest absolute Gasteiger partial charge is 0.478 e. The van der Waals surface area contributed by atoms with Crippen LogP contribution in [0.2, 0.25) is 0 Å². The fraction of sp³-hybridized carbons (Fsp3) is 0.375. The summed E-state index contributed by atoms with van der Waals surface area (Å²) in [6, 6.07) is 9.40. The molecule has 0 aliphatic carbocycles. The standard InChI is InChI=1S/C24H28O6/c1-6-17-8-14(3)9-19(10-17)22(13-29-15(4)25)20-11-18(7-2)12-21(24(27)28)23(20)30-16(5)26/h8-12,22H,6-7,13H2,1-5H3,(H,27,28). The zero-order valence-corrected chi connectivity index (χ0v) is 18.1. The van der Waals surface area contributed by atoms with Crippen LogP contribution < -0.4 is 4.74 Å². The second-order valence-electron chi connectivity index (χ2n) is 7.27. The highest BCUT2D eigenvalue weighted by Crippen LogP contribution is 2.37. The number of carboxylic acid groups (broad SMARTS) is 1. The van der Waals surface area contributed by atoms with Crippen molar-refractivity contribution in [3.05, 3.63) is 63.7 Å². The second kappa shape index (κ2) is 10.1. The third-order valence-corrected chi connectivity index (χ3v) is 4.86. The van der Waals surface area contributed by atoms with E-state index in [4.69, 9.17) is 9.47 Å². The van der Waals surface area contributed by atoms with Crippen LogP contribution in [0.3, 0.4) is 0 Å². The maximum atomic E-state index is 11.9. The maximum absolute atomic E-state index is 11.9. The lowest BCUT2D eigenvalue weighted by molar-refractivity contribution is -0.141.